The van der Waals surface area contributed by atoms with E-state index in [9.17, 15) is 14.9 Å². The Labute approximate surface area is 131 Å². The molecule has 112 valence electrons. The van der Waals surface area contributed by atoms with Gasteiger partial charge in [-0.25, -0.2) is 4.79 Å². The number of urea groups is 1. The monoisotopic (exact) mass is 317 g/mol. The van der Waals surface area contributed by atoms with Gasteiger partial charge in [0.2, 0.25) is 0 Å². The Morgan fingerprint density at radius 2 is 1.73 bits per heavy atom. The fourth-order valence-corrected chi connectivity index (χ4v) is 1.88. The second kappa shape index (κ2) is 7.24. The van der Waals surface area contributed by atoms with Crippen molar-refractivity contribution in [1.29, 1.82) is 0 Å². The Morgan fingerprint density at radius 3 is 2.32 bits per heavy atom. The molecule has 0 bridgehead atoms. The molecule has 2 aromatic rings. The number of anilines is 1. The molecule has 2 rings (SSSR count). The lowest BCUT2D eigenvalue weighted by atomic mass is 10.2. The maximum atomic E-state index is 11.7. The predicted molar refractivity (Wildman–Crippen MR) is 85.5 cm³/mol. The van der Waals surface area contributed by atoms with Gasteiger partial charge in [0.05, 0.1) is 4.92 Å². The van der Waals surface area contributed by atoms with Gasteiger partial charge in [-0.2, -0.15) is 0 Å². The van der Waals surface area contributed by atoms with Crippen molar-refractivity contribution < 1.29 is 9.72 Å². The molecular formula is C15H12ClN3O3. The molecule has 0 aliphatic rings. The highest BCUT2D eigenvalue weighted by Gasteiger charge is 2.05. The van der Waals surface area contributed by atoms with Crippen molar-refractivity contribution in [3.8, 4) is 0 Å². The quantitative estimate of drug-likeness (QED) is 0.508. The molecular weight excluding hydrogens is 306 g/mol. The van der Waals surface area contributed by atoms with Crippen LogP contribution in [0.1, 0.15) is 5.56 Å². The first-order valence-electron chi connectivity index (χ1n) is 6.29. The van der Waals surface area contributed by atoms with Crippen molar-refractivity contribution in [1.82, 2.24) is 5.32 Å². The molecule has 2 N–H and O–H groups in total. The molecule has 2 amide bonds. The summed E-state index contributed by atoms with van der Waals surface area (Å²) in [5.41, 5.74) is 1.26. The van der Waals surface area contributed by atoms with Gasteiger partial charge in [-0.1, -0.05) is 29.8 Å². The molecule has 0 saturated heterocycles. The van der Waals surface area contributed by atoms with Crippen LogP contribution in [0.25, 0.3) is 6.08 Å². The first kappa shape index (κ1) is 15.5. The van der Waals surface area contributed by atoms with Crippen molar-refractivity contribution in [3.05, 3.63) is 75.4 Å². The fraction of sp³-hybridized carbons (Fsp3) is 0. The molecule has 6 nitrogen and oxygen atoms in total. The maximum absolute atomic E-state index is 11.7. The zero-order chi connectivity index (χ0) is 15.9. The molecule has 0 radical (unpaired) electrons. The number of hydrogen-bond donors (Lipinski definition) is 2. The fourth-order valence-electron chi connectivity index (χ4n) is 1.67. The summed E-state index contributed by atoms with van der Waals surface area (Å²) < 4.78 is 0. The Morgan fingerprint density at radius 1 is 1.09 bits per heavy atom. The van der Waals surface area contributed by atoms with Crippen LogP contribution >= 0.6 is 11.6 Å². The third-order valence-corrected chi connectivity index (χ3v) is 2.87. The number of nitro benzene ring substituents is 1. The van der Waals surface area contributed by atoms with Crippen LogP contribution in [-0.4, -0.2) is 11.0 Å². The van der Waals surface area contributed by atoms with Crippen LogP contribution in [0.15, 0.2) is 59.8 Å². The number of carbonyl (C=O) groups is 1. The number of benzene rings is 2. The second-order valence-electron chi connectivity index (χ2n) is 4.29. The van der Waals surface area contributed by atoms with Crippen LogP contribution in [0.2, 0.25) is 0 Å². The Hall–Kier alpha value is -2.86. The highest BCUT2D eigenvalue weighted by molar-refractivity contribution is 6.32. The van der Waals surface area contributed by atoms with Crippen molar-refractivity contribution in [2.45, 2.75) is 0 Å². The summed E-state index contributed by atoms with van der Waals surface area (Å²) in [6, 6.07) is 14.2. The van der Waals surface area contributed by atoms with E-state index in [1.165, 1.54) is 30.3 Å². The smallest absolute Gasteiger partial charge is 0.308 e. The van der Waals surface area contributed by atoms with Gasteiger partial charge in [-0.3, -0.25) is 15.4 Å². The Kier molecular flexibility index (Phi) is 5.11. The number of amides is 2. The minimum atomic E-state index is -0.485. The summed E-state index contributed by atoms with van der Waals surface area (Å²) in [6.07, 6.45) is 1.50. The summed E-state index contributed by atoms with van der Waals surface area (Å²) in [5, 5.41) is 15.7. The van der Waals surface area contributed by atoms with E-state index in [0.717, 1.165) is 0 Å². The van der Waals surface area contributed by atoms with E-state index >= 15 is 0 Å². The number of non-ortho nitro benzene ring substituents is 1. The average molecular weight is 318 g/mol. The molecule has 0 aliphatic carbocycles. The first-order valence-corrected chi connectivity index (χ1v) is 6.67. The highest BCUT2D eigenvalue weighted by atomic mass is 35.5. The van der Waals surface area contributed by atoms with E-state index in [1.807, 2.05) is 6.07 Å². The minimum absolute atomic E-state index is 0.0111. The molecule has 0 saturated carbocycles. The highest BCUT2D eigenvalue weighted by Crippen LogP contribution is 2.15. The average Bonchev–Trinajstić information content (AvgIpc) is 2.48. The van der Waals surface area contributed by atoms with Crippen LogP contribution in [-0.2, 0) is 0 Å². The Bertz CT molecular complexity index is 700. The molecule has 0 aromatic heterocycles. The number of rotatable bonds is 4. The van der Waals surface area contributed by atoms with Crippen LogP contribution < -0.4 is 10.6 Å². The van der Waals surface area contributed by atoms with Gasteiger partial charge in [0, 0.05) is 17.8 Å². The van der Waals surface area contributed by atoms with Gasteiger partial charge in [0.15, 0.2) is 0 Å². The topological polar surface area (TPSA) is 84.3 Å². The van der Waals surface area contributed by atoms with Crippen LogP contribution in [0, 0.1) is 10.1 Å². The van der Waals surface area contributed by atoms with Crippen molar-refractivity contribution in [2.24, 2.45) is 0 Å². The number of carbonyl (C=O) groups excluding carboxylic acids is 1. The largest absolute Gasteiger partial charge is 0.324 e. The van der Waals surface area contributed by atoms with E-state index in [-0.39, 0.29) is 10.8 Å². The van der Waals surface area contributed by atoms with Crippen LogP contribution in [0.3, 0.4) is 0 Å². The number of hydrogen-bond acceptors (Lipinski definition) is 3. The van der Waals surface area contributed by atoms with E-state index < -0.39 is 11.0 Å². The zero-order valence-electron chi connectivity index (χ0n) is 11.3. The molecule has 0 spiro atoms. The van der Waals surface area contributed by atoms with E-state index in [0.29, 0.717) is 11.3 Å². The summed E-state index contributed by atoms with van der Waals surface area (Å²) >= 11 is 5.93. The lowest BCUT2D eigenvalue weighted by Gasteiger charge is -2.06. The summed E-state index contributed by atoms with van der Waals surface area (Å²) in [6.45, 7) is 0. The second-order valence-corrected chi connectivity index (χ2v) is 4.69. The molecule has 0 fully saturated rings. The van der Waals surface area contributed by atoms with E-state index in [4.69, 9.17) is 11.6 Å². The third-order valence-electron chi connectivity index (χ3n) is 2.66. The maximum Gasteiger partial charge on any atom is 0.324 e. The minimum Gasteiger partial charge on any atom is -0.308 e. The van der Waals surface area contributed by atoms with Crippen LogP contribution in [0.5, 0.6) is 0 Å². The van der Waals surface area contributed by atoms with Gasteiger partial charge < -0.3 is 5.32 Å². The molecule has 0 aliphatic heterocycles. The number of para-hydroxylation sites is 1. The summed E-state index contributed by atoms with van der Waals surface area (Å²) in [7, 11) is 0. The summed E-state index contributed by atoms with van der Waals surface area (Å²) in [4.78, 5) is 21.8. The molecule has 0 heterocycles. The Balaban J connectivity index is 1.97. The van der Waals surface area contributed by atoms with Gasteiger partial charge >= 0.3 is 6.03 Å². The number of nitrogens with zero attached hydrogens (tertiary/aromatic N) is 1. The van der Waals surface area contributed by atoms with Gasteiger partial charge in [-0.15, -0.1) is 0 Å². The predicted octanol–water partition coefficient (Wildman–Crippen LogP) is 3.95. The molecule has 0 atom stereocenters. The molecule has 7 heteroatoms. The normalized spacial score (nSPS) is 10.9. The lowest BCUT2D eigenvalue weighted by molar-refractivity contribution is -0.384. The van der Waals surface area contributed by atoms with Crippen molar-refractivity contribution in [3.63, 3.8) is 0 Å². The number of halogens is 1. The van der Waals surface area contributed by atoms with Crippen molar-refractivity contribution in [2.75, 3.05) is 5.32 Å². The third kappa shape index (κ3) is 4.60. The lowest BCUT2D eigenvalue weighted by Crippen LogP contribution is -2.26. The first-order chi connectivity index (χ1) is 10.5. The van der Waals surface area contributed by atoms with E-state index in [1.54, 1.807) is 24.3 Å². The SMILES string of the molecule is O=C(N/C(Cl)=C/c1ccc([N+](=O)[O-])cc1)Nc1ccccc1. The van der Waals surface area contributed by atoms with Gasteiger partial charge in [0.25, 0.3) is 5.69 Å². The van der Waals surface area contributed by atoms with Gasteiger partial charge in [-0.05, 0) is 35.9 Å². The molecule has 22 heavy (non-hydrogen) atoms. The van der Waals surface area contributed by atoms with Crippen molar-refractivity contribution >= 4 is 35.1 Å². The number of nitro groups is 1. The van der Waals surface area contributed by atoms with Crippen LogP contribution in [0.4, 0.5) is 16.2 Å². The molecule has 2 aromatic carbocycles. The zero-order valence-corrected chi connectivity index (χ0v) is 12.1. The number of nitrogens with one attached hydrogen (secondary N) is 2. The standard InChI is InChI=1S/C15H12ClN3O3/c16-14(10-11-6-8-13(9-7-11)19(21)22)18-15(20)17-12-4-2-1-3-5-12/h1-10H,(H2,17,18,20)/b14-10+. The van der Waals surface area contributed by atoms with E-state index in [2.05, 4.69) is 10.6 Å². The van der Waals surface area contributed by atoms with Gasteiger partial charge in [0.1, 0.15) is 5.16 Å². The summed E-state index contributed by atoms with van der Waals surface area (Å²) in [5.74, 6) is 0. The molecule has 0 unspecified atom stereocenters.